The monoisotopic (exact) mass is 353 g/mol. The average molecular weight is 354 g/mol. The standard InChI is InChI=1S/C14H23N3OS.2ClH/c1-14(2,3)13-16-11(9-19-13)12(18)17-7-5-6-10(8-17)15-4;;/h9-10,15H,5-8H2,1-4H3;2*1H. The van der Waals surface area contributed by atoms with E-state index in [4.69, 9.17) is 0 Å². The Kier molecular flexibility index (Phi) is 8.18. The maximum atomic E-state index is 12.4. The molecule has 1 N–H and O–H groups in total. The maximum absolute atomic E-state index is 12.4. The van der Waals surface area contributed by atoms with Crippen LogP contribution < -0.4 is 5.32 Å². The van der Waals surface area contributed by atoms with Gasteiger partial charge in [-0.25, -0.2) is 4.98 Å². The summed E-state index contributed by atoms with van der Waals surface area (Å²) in [5.41, 5.74) is 0.616. The number of nitrogens with one attached hydrogen (secondary N) is 1. The van der Waals surface area contributed by atoms with Gasteiger partial charge in [-0.3, -0.25) is 4.79 Å². The summed E-state index contributed by atoms with van der Waals surface area (Å²) >= 11 is 1.58. The van der Waals surface area contributed by atoms with Gasteiger partial charge in [-0.1, -0.05) is 20.8 Å². The first-order valence-electron chi connectivity index (χ1n) is 6.84. The summed E-state index contributed by atoms with van der Waals surface area (Å²) < 4.78 is 0. The first-order valence-corrected chi connectivity index (χ1v) is 7.72. The van der Waals surface area contributed by atoms with Gasteiger partial charge in [0.15, 0.2) is 0 Å². The first kappa shape index (κ1) is 20.6. The number of hydrogen-bond acceptors (Lipinski definition) is 4. The van der Waals surface area contributed by atoms with Gasteiger partial charge in [-0.2, -0.15) is 0 Å². The van der Waals surface area contributed by atoms with Crippen molar-refractivity contribution in [3.05, 3.63) is 16.1 Å². The highest BCUT2D eigenvalue weighted by Gasteiger charge is 2.26. The summed E-state index contributed by atoms with van der Waals surface area (Å²) in [6.07, 6.45) is 2.21. The van der Waals surface area contributed by atoms with Gasteiger partial charge in [0.2, 0.25) is 0 Å². The summed E-state index contributed by atoms with van der Waals surface area (Å²) in [4.78, 5) is 18.9. The van der Waals surface area contributed by atoms with E-state index in [1.165, 1.54) is 0 Å². The number of amides is 1. The van der Waals surface area contributed by atoms with E-state index >= 15 is 0 Å². The lowest BCUT2D eigenvalue weighted by Crippen LogP contribution is -2.47. The highest BCUT2D eigenvalue weighted by atomic mass is 35.5. The fourth-order valence-corrected chi connectivity index (χ4v) is 3.16. The number of likely N-dealkylation sites (tertiary alicyclic amines) is 1. The molecule has 4 nitrogen and oxygen atoms in total. The van der Waals surface area contributed by atoms with Crippen LogP contribution in [-0.4, -0.2) is 42.0 Å². The van der Waals surface area contributed by atoms with Crippen LogP contribution >= 0.6 is 36.2 Å². The van der Waals surface area contributed by atoms with Crippen LogP contribution in [0, 0.1) is 0 Å². The molecule has 1 fully saturated rings. The first-order chi connectivity index (χ1) is 8.91. The lowest BCUT2D eigenvalue weighted by Gasteiger charge is -2.32. The molecule has 21 heavy (non-hydrogen) atoms. The molecule has 0 radical (unpaired) electrons. The predicted octanol–water partition coefficient (Wildman–Crippen LogP) is 3.11. The van der Waals surface area contributed by atoms with Crippen LogP contribution in [0.15, 0.2) is 5.38 Å². The molecule has 0 saturated carbocycles. The number of piperidine rings is 1. The van der Waals surface area contributed by atoms with Crippen LogP contribution in [0.3, 0.4) is 0 Å². The number of nitrogens with zero attached hydrogens (tertiary/aromatic N) is 2. The normalized spacial score (nSPS) is 18.7. The number of aromatic nitrogens is 1. The summed E-state index contributed by atoms with van der Waals surface area (Å²) in [5, 5.41) is 6.18. The molecule has 1 unspecified atom stereocenters. The van der Waals surface area contributed by atoms with Crippen molar-refractivity contribution < 1.29 is 4.79 Å². The van der Waals surface area contributed by atoms with Crippen molar-refractivity contribution in [2.75, 3.05) is 20.1 Å². The minimum absolute atomic E-state index is 0. The van der Waals surface area contributed by atoms with E-state index in [1.807, 2.05) is 17.3 Å². The third-order valence-electron chi connectivity index (χ3n) is 3.48. The fraction of sp³-hybridized carbons (Fsp3) is 0.714. The molecule has 2 rings (SSSR count). The van der Waals surface area contributed by atoms with Crippen LogP contribution in [0.5, 0.6) is 0 Å². The molecular formula is C14H25Cl2N3OS. The second-order valence-corrected chi connectivity index (χ2v) is 7.02. The Morgan fingerprint density at radius 1 is 1.43 bits per heavy atom. The van der Waals surface area contributed by atoms with Crippen molar-refractivity contribution in [2.24, 2.45) is 0 Å². The molecule has 0 spiro atoms. The Balaban J connectivity index is 0.00000200. The number of likely N-dealkylation sites (N-methyl/N-ethyl adjacent to an activating group) is 1. The van der Waals surface area contributed by atoms with E-state index in [9.17, 15) is 4.79 Å². The van der Waals surface area contributed by atoms with Gasteiger partial charge in [0.25, 0.3) is 5.91 Å². The van der Waals surface area contributed by atoms with Crippen LogP contribution in [-0.2, 0) is 5.41 Å². The van der Waals surface area contributed by atoms with Gasteiger partial charge < -0.3 is 10.2 Å². The van der Waals surface area contributed by atoms with Gasteiger partial charge in [0.1, 0.15) is 5.69 Å². The molecule has 1 atom stereocenters. The molecule has 7 heteroatoms. The predicted molar refractivity (Wildman–Crippen MR) is 93.3 cm³/mol. The number of carbonyl (C=O) groups excluding carboxylic acids is 1. The summed E-state index contributed by atoms with van der Waals surface area (Å²) in [7, 11) is 1.96. The van der Waals surface area contributed by atoms with E-state index in [0.717, 1.165) is 30.9 Å². The SMILES string of the molecule is CNC1CCCN(C(=O)c2csc(C(C)(C)C)n2)C1.Cl.Cl. The van der Waals surface area contributed by atoms with E-state index in [-0.39, 0.29) is 36.1 Å². The molecule has 0 bridgehead atoms. The Morgan fingerprint density at radius 2 is 2.10 bits per heavy atom. The van der Waals surface area contributed by atoms with Crippen molar-refractivity contribution in [3.8, 4) is 0 Å². The number of hydrogen-bond donors (Lipinski definition) is 1. The van der Waals surface area contributed by atoms with E-state index in [2.05, 4.69) is 31.1 Å². The zero-order chi connectivity index (χ0) is 14.0. The highest BCUT2D eigenvalue weighted by molar-refractivity contribution is 7.10. The second kappa shape index (κ2) is 8.32. The summed E-state index contributed by atoms with van der Waals surface area (Å²) in [6, 6.07) is 0.415. The van der Waals surface area contributed by atoms with Gasteiger partial charge in [-0.05, 0) is 19.9 Å². The lowest BCUT2D eigenvalue weighted by molar-refractivity contribution is 0.0692. The molecule has 1 amide bonds. The maximum Gasteiger partial charge on any atom is 0.273 e. The third-order valence-corrected chi connectivity index (χ3v) is 4.75. The molecule has 1 aromatic rings. The Morgan fingerprint density at radius 3 is 2.62 bits per heavy atom. The lowest BCUT2D eigenvalue weighted by atomic mass is 9.98. The van der Waals surface area contributed by atoms with Crippen molar-refractivity contribution in [3.63, 3.8) is 0 Å². The van der Waals surface area contributed by atoms with Gasteiger partial charge in [0, 0.05) is 29.9 Å². The van der Waals surface area contributed by atoms with E-state index in [0.29, 0.717) is 11.7 Å². The molecule has 1 aliphatic heterocycles. The molecular weight excluding hydrogens is 329 g/mol. The number of thiazole rings is 1. The van der Waals surface area contributed by atoms with Crippen molar-refractivity contribution in [2.45, 2.75) is 45.1 Å². The minimum atomic E-state index is 0. The molecule has 122 valence electrons. The van der Waals surface area contributed by atoms with Crippen LogP contribution in [0.2, 0.25) is 0 Å². The molecule has 2 heterocycles. The van der Waals surface area contributed by atoms with Gasteiger partial charge >= 0.3 is 0 Å². The topological polar surface area (TPSA) is 45.2 Å². The highest BCUT2D eigenvalue weighted by Crippen LogP contribution is 2.26. The Labute approximate surface area is 143 Å². The van der Waals surface area contributed by atoms with Crippen molar-refractivity contribution in [1.29, 1.82) is 0 Å². The summed E-state index contributed by atoms with van der Waals surface area (Å²) in [5.74, 6) is 0.0756. The largest absolute Gasteiger partial charge is 0.336 e. The zero-order valence-electron chi connectivity index (χ0n) is 13.0. The van der Waals surface area contributed by atoms with Crippen LogP contribution in [0.4, 0.5) is 0 Å². The Bertz CT molecular complexity index is 459. The molecule has 0 aliphatic carbocycles. The van der Waals surface area contributed by atoms with Gasteiger partial charge in [-0.15, -0.1) is 36.2 Å². The summed E-state index contributed by atoms with van der Waals surface area (Å²) in [6.45, 7) is 8.01. The smallest absolute Gasteiger partial charge is 0.273 e. The molecule has 1 aromatic heterocycles. The number of rotatable bonds is 2. The minimum Gasteiger partial charge on any atom is -0.336 e. The molecule has 1 aliphatic rings. The van der Waals surface area contributed by atoms with E-state index < -0.39 is 0 Å². The second-order valence-electron chi connectivity index (χ2n) is 6.17. The van der Waals surface area contributed by atoms with Crippen LogP contribution in [0.1, 0.15) is 49.1 Å². The average Bonchev–Trinajstić information content (AvgIpc) is 2.87. The van der Waals surface area contributed by atoms with Crippen molar-refractivity contribution >= 4 is 42.1 Å². The number of carbonyl (C=O) groups is 1. The molecule has 0 aromatic carbocycles. The third kappa shape index (κ3) is 5.09. The zero-order valence-corrected chi connectivity index (χ0v) is 15.5. The Hall–Kier alpha value is -0.360. The quantitative estimate of drug-likeness (QED) is 0.888. The molecule has 1 saturated heterocycles. The van der Waals surface area contributed by atoms with Crippen molar-refractivity contribution in [1.82, 2.24) is 15.2 Å². The van der Waals surface area contributed by atoms with Crippen LogP contribution in [0.25, 0.3) is 0 Å². The fourth-order valence-electron chi connectivity index (χ4n) is 2.28. The van der Waals surface area contributed by atoms with Gasteiger partial charge in [0.05, 0.1) is 5.01 Å². The number of halogens is 2. The van der Waals surface area contributed by atoms with E-state index in [1.54, 1.807) is 11.3 Å².